The minimum atomic E-state index is -0.221. The number of nitrogens with zero attached hydrogens (tertiary/aromatic N) is 2. The predicted octanol–water partition coefficient (Wildman–Crippen LogP) is 1.83. The van der Waals surface area contributed by atoms with Gasteiger partial charge in [0.25, 0.3) is 0 Å². The maximum atomic E-state index is 12.3. The van der Waals surface area contributed by atoms with Crippen LogP contribution in [0.5, 0.6) is 0 Å². The van der Waals surface area contributed by atoms with Crippen molar-refractivity contribution >= 4 is 5.91 Å². The summed E-state index contributed by atoms with van der Waals surface area (Å²) in [5.74, 6) is 0.550. The fourth-order valence-corrected chi connectivity index (χ4v) is 2.67. The summed E-state index contributed by atoms with van der Waals surface area (Å²) in [5.41, 5.74) is 0.976. The van der Waals surface area contributed by atoms with Crippen LogP contribution in [0.2, 0.25) is 0 Å². The first-order valence-electron chi connectivity index (χ1n) is 7.43. The van der Waals surface area contributed by atoms with Crippen molar-refractivity contribution in [2.45, 2.75) is 58.0 Å². The van der Waals surface area contributed by atoms with Crippen molar-refractivity contribution in [2.24, 2.45) is 0 Å². The Morgan fingerprint density at radius 2 is 2.10 bits per heavy atom. The van der Waals surface area contributed by atoms with Gasteiger partial charge in [-0.2, -0.15) is 0 Å². The van der Waals surface area contributed by atoms with E-state index in [1.165, 1.54) is 5.69 Å². The Balaban J connectivity index is 2.12. The van der Waals surface area contributed by atoms with Gasteiger partial charge in [0, 0.05) is 23.3 Å². The number of carbonyl (C=O) groups is 1. The molecule has 0 aromatic carbocycles. The van der Waals surface area contributed by atoms with E-state index in [9.17, 15) is 4.79 Å². The van der Waals surface area contributed by atoms with Gasteiger partial charge in [-0.05, 0) is 53.6 Å². The molecule has 5 nitrogen and oxygen atoms in total. The molecule has 1 atom stereocenters. The lowest BCUT2D eigenvalue weighted by molar-refractivity contribution is -0.125. The number of carbonyl (C=O) groups excluding carboxylic acids is 1. The Kier molecular flexibility index (Phi) is 4.48. The molecule has 1 aliphatic rings. The molecule has 0 radical (unpaired) electrons. The van der Waals surface area contributed by atoms with Gasteiger partial charge in [0.15, 0.2) is 0 Å². The zero-order valence-corrected chi connectivity index (χ0v) is 12.9. The first kappa shape index (κ1) is 15.0. The molecule has 1 aliphatic heterocycles. The van der Waals surface area contributed by atoms with E-state index in [2.05, 4.69) is 15.6 Å². The quantitative estimate of drug-likeness (QED) is 0.887. The number of hydrogen-bond acceptors (Lipinski definition) is 3. The Morgan fingerprint density at radius 1 is 1.45 bits per heavy atom. The highest BCUT2D eigenvalue weighted by molar-refractivity contribution is 5.80. The summed E-state index contributed by atoms with van der Waals surface area (Å²) in [6, 6.07) is -0.221. The maximum absolute atomic E-state index is 12.3. The highest BCUT2D eigenvalue weighted by Crippen LogP contribution is 2.27. The molecule has 0 bridgehead atoms. The van der Waals surface area contributed by atoms with Crippen LogP contribution >= 0.6 is 0 Å². The lowest BCUT2D eigenvalue weighted by atomic mass is 9.94. The topological polar surface area (TPSA) is 59.0 Å². The number of hydrogen-bond donors (Lipinski definition) is 2. The van der Waals surface area contributed by atoms with E-state index in [0.717, 1.165) is 25.9 Å². The van der Waals surface area contributed by atoms with E-state index in [4.69, 9.17) is 0 Å². The second-order valence-corrected chi connectivity index (χ2v) is 6.67. The highest BCUT2D eigenvalue weighted by atomic mass is 16.2. The Morgan fingerprint density at radius 3 is 2.70 bits per heavy atom. The molecule has 0 aliphatic carbocycles. The average molecular weight is 278 g/mol. The van der Waals surface area contributed by atoms with E-state index in [-0.39, 0.29) is 17.5 Å². The summed E-state index contributed by atoms with van der Waals surface area (Å²) in [4.78, 5) is 16.6. The summed E-state index contributed by atoms with van der Waals surface area (Å²) in [7, 11) is 0. The lowest BCUT2D eigenvalue weighted by Crippen LogP contribution is -2.44. The highest BCUT2D eigenvalue weighted by Gasteiger charge is 2.25. The molecular weight excluding hydrogens is 252 g/mol. The van der Waals surface area contributed by atoms with Crippen LogP contribution in [-0.4, -0.2) is 34.1 Å². The zero-order valence-electron chi connectivity index (χ0n) is 12.9. The van der Waals surface area contributed by atoms with Crippen molar-refractivity contribution in [2.75, 3.05) is 13.1 Å². The summed E-state index contributed by atoms with van der Waals surface area (Å²) in [6.07, 6.45) is 5.92. The minimum absolute atomic E-state index is 0.0469. The minimum Gasteiger partial charge on any atom is -0.350 e. The van der Waals surface area contributed by atoms with E-state index < -0.39 is 0 Å². The number of amides is 1. The van der Waals surface area contributed by atoms with Gasteiger partial charge in [0.2, 0.25) is 5.91 Å². The summed E-state index contributed by atoms with van der Waals surface area (Å²) in [5, 5.41) is 6.41. The van der Waals surface area contributed by atoms with E-state index in [1.54, 1.807) is 6.33 Å². The number of nitrogens with one attached hydrogen (secondary N) is 2. The number of piperidine rings is 1. The fraction of sp³-hybridized carbons (Fsp3) is 0.733. The first-order valence-corrected chi connectivity index (χ1v) is 7.43. The van der Waals surface area contributed by atoms with E-state index >= 15 is 0 Å². The smallest absolute Gasteiger partial charge is 0.243 e. The molecule has 1 aromatic heterocycles. The van der Waals surface area contributed by atoms with Crippen molar-refractivity contribution in [1.82, 2.24) is 20.2 Å². The molecule has 1 unspecified atom stereocenters. The van der Waals surface area contributed by atoms with Crippen LogP contribution in [0.1, 0.15) is 58.2 Å². The lowest BCUT2D eigenvalue weighted by Gasteiger charge is -2.27. The van der Waals surface area contributed by atoms with Crippen LogP contribution < -0.4 is 10.6 Å². The molecule has 1 saturated heterocycles. The monoisotopic (exact) mass is 278 g/mol. The SMILES string of the molecule is CC(C(=O)NC(C)(C)C)n1cncc1C1CCNCC1. The second kappa shape index (κ2) is 5.95. The molecule has 2 rings (SSSR count). The van der Waals surface area contributed by atoms with Crippen LogP contribution in [0.15, 0.2) is 12.5 Å². The Bertz CT molecular complexity index is 455. The van der Waals surface area contributed by atoms with Crippen molar-refractivity contribution in [3.63, 3.8) is 0 Å². The predicted molar refractivity (Wildman–Crippen MR) is 79.7 cm³/mol. The van der Waals surface area contributed by atoms with Gasteiger partial charge < -0.3 is 15.2 Å². The van der Waals surface area contributed by atoms with Crippen LogP contribution in [-0.2, 0) is 4.79 Å². The number of rotatable bonds is 3. The molecule has 2 heterocycles. The van der Waals surface area contributed by atoms with Gasteiger partial charge in [-0.1, -0.05) is 0 Å². The van der Waals surface area contributed by atoms with Gasteiger partial charge >= 0.3 is 0 Å². The van der Waals surface area contributed by atoms with Crippen LogP contribution in [0.4, 0.5) is 0 Å². The Hall–Kier alpha value is -1.36. The Labute approximate surface area is 121 Å². The molecule has 2 N–H and O–H groups in total. The standard InChI is InChI=1S/C15H26N4O/c1-11(14(20)18-15(2,3)4)19-10-17-9-13(19)12-5-7-16-8-6-12/h9-12,16H,5-8H2,1-4H3,(H,18,20). The fourth-order valence-electron chi connectivity index (χ4n) is 2.67. The van der Waals surface area contributed by atoms with Gasteiger partial charge in [-0.25, -0.2) is 4.98 Å². The van der Waals surface area contributed by atoms with Crippen LogP contribution in [0, 0.1) is 0 Å². The molecule has 1 amide bonds. The van der Waals surface area contributed by atoms with E-state index in [0.29, 0.717) is 5.92 Å². The second-order valence-electron chi connectivity index (χ2n) is 6.67. The summed E-state index contributed by atoms with van der Waals surface area (Å²) < 4.78 is 2.02. The van der Waals surface area contributed by atoms with Crippen molar-refractivity contribution in [1.29, 1.82) is 0 Å². The van der Waals surface area contributed by atoms with Gasteiger partial charge in [-0.15, -0.1) is 0 Å². The number of imidazole rings is 1. The third-order valence-corrected chi connectivity index (χ3v) is 3.75. The van der Waals surface area contributed by atoms with Crippen molar-refractivity contribution in [3.8, 4) is 0 Å². The largest absolute Gasteiger partial charge is 0.350 e. The van der Waals surface area contributed by atoms with Crippen LogP contribution in [0.25, 0.3) is 0 Å². The van der Waals surface area contributed by atoms with Crippen molar-refractivity contribution < 1.29 is 4.79 Å². The van der Waals surface area contributed by atoms with E-state index in [1.807, 2.05) is 38.5 Å². The third kappa shape index (κ3) is 3.60. The summed E-state index contributed by atoms with van der Waals surface area (Å²) in [6.45, 7) is 10.0. The third-order valence-electron chi connectivity index (χ3n) is 3.75. The molecule has 20 heavy (non-hydrogen) atoms. The summed E-state index contributed by atoms with van der Waals surface area (Å²) >= 11 is 0. The molecule has 112 valence electrons. The van der Waals surface area contributed by atoms with Gasteiger partial charge in [0.05, 0.1) is 6.33 Å². The molecule has 1 fully saturated rings. The van der Waals surface area contributed by atoms with Gasteiger partial charge in [-0.3, -0.25) is 4.79 Å². The zero-order chi connectivity index (χ0) is 14.8. The normalized spacial score (nSPS) is 18.8. The molecular formula is C15H26N4O. The van der Waals surface area contributed by atoms with Gasteiger partial charge in [0.1, 0.15) is 6.04 Å². The molecule has 1 aromatic rings. The average Bonchev–Trinajstić information content (AvgIpc) is 2.86. The van der Waals surface area contributed by atoms with Crippen LogP contribution in [0.3, 0.4) is 0 Å². The molecule has 0 spiro atoms. The molecule has 5 heteroatoms. The molecule has 0 saturated carbocycles. The first-order chi connectivity index (χ1) is 9.38. The maximum Gasteiger partial charge on any atom is 0.243 e. The number of aromatic nitrogens is 2. The van der Waals surface area contributed by atoms with Crippen molar-refractivity contribution in [3.05, 3.63) is 18.2 Å².